The Morgan fingerprint density at radius 2 is 2.04 bits per heavy atom. The van der Waals surface area contributed by atoms with Crippen molar-refractivity contribution in [2.45, 2.75) is 6.92 Å². The number of hydrogen-bond donors (Lipinski definition) is 3. The zero-order valence-corrected chi connectivity index (χ0v) is 14.4. The number of para-hydroxylation sites is 1. The molecule has 0 radical (unpaired) electrons. The van der Waals surface area contributed by atoms with Crippen LogP contribution in [0.5, 0.6) is 11.5 Å². The van der Waals surface area contributed by atoms with E-state index in [9.17, 15) is 9.90 Å². The van der Waals surface area contributed by atoms with E-state index >= 15 is 0 Å². The van der Waals surface area contributed by atoms with Crippen LogP contribution in [0.15, 0.2) is 53.6 Å². The molecule has 0 bridgehead atoms. The molecule has 3 rings (SSSR count). The van der Waals surface area contributed by atoms with Gasteiger partial charge in [-0.3, -0.25) is 9.89 Å². The minimum absolute atomic E-state index is 0.0452. The number of methoxy groups -OCH3 is 1. The average Bonchev–Trinajstić information content (AvgIpc) is 3.14. The predicted molar refractivity (Wildman–Crippen MR) is 98.5 cm³/mol. The largest absolute Gasteiger partial charge is 0.504 e. The highest BCUT2D eigenvalue weighted by Crippen LogP contribution is 2.27. The number of phenols is 1. The molecule has 0 spiro atoms. The first-order valence-electron chi connectivity index (χ1n) is 7.90. The SMILES string of the molecule is COc1cccc(C=NNC(=O)c2cc(-c3ccc(C)cc3)n[nH]2)c1O. The molecule has 132 valence electrons. The van der Waals surface area contributed by atoms with Gasteiger partial charge in [0.15, 0.2) is 11.5 Å². The van der Waals surface area contributed by atoms with Crippen LogP contribution in [0.25, 0.3) is 11.3 Å². The third-order valence-electron chi connectivity index (χ3n) is 3.79. The van der Waals surface area contributed by atoms with Crippen LogP contribution in [0, 0.1) is 6.92 Å². The lowest BCUT2D eigenvalue weighted by Gasteiger charge is -2.04. The topological polar surface area (TPSA) is 99.6 Å². The molecule has 26 heavy (non-hydrogen) atoms. The van der Waals surface area contributed by atoms with Crippen molar-refractivity contribution in [2.75, 3.05) is 7.11 Å². The van der Waals surface area contributed by atoms with Gasteiger partial charge in [-0.05, 0) is 25.1 Å². The Bertz CT molecular complexity index is 946. The molecule has 1 aromatic heterocycles. The van der Waals surface area contributed by atoms with Gasteiger partial charge in [0.1, 0.15) is 5.69 Å². The van der Waals surface area contributed by atoms with Crippen molar-refractivity contribution in [3.63, 3.8) is 0 Å². The van der Waals surface area contributed by atoms with Gasteiger partial charge in [0.05, 0.1) is 19.0 Å². The molecule has 3 aromatic rings. The number of amides is 1. The number of aromatic nitrogens is 2. The van der Waals surface area contributed by atoms with Gasteiger partial charge in [-0.15, -0.1) is 0 Å². The summed E-state index contributed by atoms with van der Waals surface area (Å²) in [4.78, 5) is 12.2. The predicted octanol–water partition coefficient (Wildman–Crippen LogP) is 2.86. The monoisotopic (exact) mass is 350 g/mol. The number of aromatic amines is 1. The summed E-state index contributed by atoms with van der Waals surface area (Å²) in [7, 11) is 1.46. The smallest absolute Gasteiger partial charge is 0.289 e. The van der Waals surface area contributed by atoms with Crippen molar-refractivity contribution in [1.29, 1.82) is 0 Å². The second-order valence-corrected chi connectivity index (χ2v) is 5.63. The third kappa shape index (κ3) is 3.72. The summed E-state index contributed by atoms with van der Waals surface area (Å²) >= 11 is 0. The van der Waals surface area contributed by atoms with Gasteiger partial charge < -0.3 is 9.84 Å². The Hall–Kier alpha value is -3.61. The molecule has 7 nitrogen and oxygen atoms in total. The average molecular weight is 350 g/mol. The molecule has 0 aliphatic carbocycles. The number of benzene rings is 2. The molecule has 1 heterocycles. The molecule has 0 aliphatic heterocycles. The van der Waals surface area contributed by atoms with E-state index in [2.05, 4.69) is 20.7 Å². The number of aryl methyl sites for hydroxylation is 1. The molecule has 1 amide bonds. The number of hydrogen-bond acceptors (Lipinski definition) is 5. The molecule has 0 fully saturated rings. The Morgan fingerprint density at radius 3 is 2.77 bits per heavy atom. The van der Waals surface area contributed by atoms with Crippen LogP contribution in [0.3, 0.4) is 0 Å². The fraction of sp³-hybridized carbons (Fsp3) is 0.105. The fourth-order valence-electron chi connectivity index (χ4n) is 2.34. The van der Waals surface area contributed by atoms with Gasteiger partial charge in [-0.1, -0.05) is 35.9 Å². The number of carbonyl (C=O) groups excluding carboxylic acids is 1. The Labute approximate surface area is 150 Å². The highest BCUT2D eigenvalue weighted by Gasteiger charge is 2.10. The number of ether oxygens (including phenoxy) is 1. The van der Waals surface area contributed by atoms with Crippen molar-refractivity contribution in [1.82, 2.24) is 15.6 Å². The minimum atomic E-state index is -0.436. The van der Waals surface area contributed by atoms with Gasteiger partial charge >= 0.3 is 0 Å². The van der Waals surface area contributed by atoms with E-state index < -0.39 is 5.91 Å². The van der Waals surface area contributed by atoms with Crippen LogP contribution < -0.4 is 10.2 Å². The molecule has 0 unspecified atom stereocenters. The van der Waals surface area contributed by atoms with E-state index in [-0.39, 0.29) is 11.4 Å². The summed E-state index contributed by atoms with van der Waals surface area (Å²) in [5, 5.41) is 20.7. The maximum absolute atomic E-state index is 12.2. The molecule has 0 saturated heterocycles. The van der Waals surface area contributed by atoms with Gasteiger partial charge in [0, 0.05) is 11.1 Å². The van der Waals surface area contributed by atoms with Crippen LogP contribution in [0.2, 0.25) is 0 Å². The minimum Gasteiger partial charge on any atom is -0.504 e. The lowest BCUT2D eigenvalue weighted by atomic mass is 10.1. The number of aromatic hydroxyl groups is 1. The number of nitrogens with one attached hydrogen (secondary N) is 2. The van der Waals surface area contributed by atoms with E-state index in [1.807, 2.05) is 31.2 Å². The Balaban J connectivity index is 1.68. The number of hydrazone groups is 1. The van der Waals surface area contributed by atoms with Gasteiger partial charge in [-0.2, -0.15) is 10.2 Å². The number of H-pyrrole nitrogens is 1. The van der Waals surface area contributed by atoms with Crippen LogP contribution in [-0.4, -0.2) is 34.5 Å². The molecule has 0 aliphatic rings. The summed E-state index contributed by atoms with van der Waals surface area (Å²) in [6.45, 7) is 2.01. The van der Waals surface area contributed by atoms with E-state index in [1.54, 1.807) is 24.3 Å². The van der Waals surface area contributed by atoms with Crippen LogP contribution >= 0.6 is 0 Å². The van der Waals surface area contributed by atoms with E-state index in [4.69, 9.17) is 4.74 Å². The second-order valence-electron chi connectivity index (χ2n) is 5.63. The maximum atomic E-state index is 12.2. The summed E-state index contributed by atoms with van der Waals surface area (Å²) in [5.74, 6) is -0.151. The normalized spacial score (nSPS) is 10.8. The van der Waals surface area contributed by atoms with Crippen molar-refractivity contribution in [2.24, 2.45) is 5.10 Å². The van der Waals surface area contributed by atoms with Crippen LogP contribution in [0.1, 0.15) is 21.6 Å². The van der Waals surface area contributed by atoms with Gasteiger partial charge in [0.25, 0.3) is 5.91 Å². The Kier molecular flexibility index (Phi) is 4.98. The first-order valence-corrected chi connectivity index (χ1v) is 7.90. The quantitative estimate of drug-likeness (QED) is 0.487. The van der Waals surface area contributed by atoms with Crippen molar-refractivity contribution in [3.8, 4) is 22.8 Å². The fourth-order valence-corrected chi connectivity index (χ4v) is 2.34. The first-order chi connectivity index (χ1) is 12.6. The lowest BCUT2D eigenvalue weighted by molar-refractivity contribution is 0.0950. The van der Waals surface area contributed by atoms with Crippen LogP contribution in [-0.2, 0) is 0 Å². The van der Waals surface area contributed by atoms with Gasteiger partial charge in [0.2, 0.25) is 0 Å². The second kappa shape index (κ2) is 7.52. The number of nitrogens with zero attached hydrogens (tertiary/aromatic N) is 2. The number of phenolic OH excluding ortho intramolecular Hbond substituents is 1. The summed E-state index contributed by atoms with van der Waals surface area (Å²) in [6, 6.07) is 14.5. The zero-order chi connectivity index (χ0) is 18.5. The highest BCUT2D eigenvalue weighted by atomic mass is 16.5. The van der Waals surface area contributed by atoms with Crippen molar-refractivity contribution >= 4 is 12.1 Å². The van der Waals surface area contributed by atoms with E-state index in [1.165, 1.54) is 13.3 Å². The van der Waals surface area contributed by atoms with E-state index in [0.29, 0.717) is 17.0 Å². The van der Waals surface area contributed by atoms with E-state index in [0.717, 1.165) is 11.1 Å². The first kappa shape index (κ1) is 17.2. The van der Waals surface area contributed by atoms with Gasteiger partial charge in [-0.25, -0.2) is 5.43 Å². The Morgan fingerprint density at radius 1 is 1.27 bits per heavy atom. The molecular weight excluding hydrogens is 332 g/mol. The highest BCUT2D eigenvalue weighted by molar-refractivity contribution is 5.94. The van der Waals surface area contributed by atoms with Crippen LogP contribution in [0.4, 0.5) is 0 Å². The molecule has 0 saturated carbocycles. The molecular formula is C19H18N4O3. The zero-order valence-electron chi connectivity index (χ0n) is 14.4. The summed E-state index contributed by atoms with van der Waals surface area (Å²) in [6.07, 6.45) is 1.34. The molecule has 3 N–H and O–H groups in total. The maximum Gasteiger partial charge on any atom is 0.289 e. The lowest BCUT2D eigenvalue weighted by Crippen LogP contribution is -2.18. The third-order valence-corrected chi connectivity index (χ3v) is 3.79. The molecule has 7 heteroatoms. The summed E-state index contributed by atoms with van der Waals surface area (Å²) in [5.41, 5.74) is 5.84. The molecule has 2 aromatic carbocycles. The molecule has 0 atom stereocenters. The summed E-state index contributed by atoms with van der Waals surface area (Å²) < 4.78 is 5.02. The number of carbonyl (C=O) groups is 1. The van der Waals surface area contributed by atoms with Crippen molar-refractivity contribution < 1.29 is 14.6 Å². The van der Waals surface area contributed by atoms with Crippen molar-refractivity contribution in [3.05, 3.63) is 65.4 Å². The standard InChI is InChI=1S/C19H18N4O3/c1-12-6-8-13(9-7-12)15-10-16(22-21-15)19(25)23-20-11-14-4-3-5-17(26-2)18(14)24/h3-11,24H,1-2H3,(H,21,22)(H,23,25). The number of rotatable bonds is 5.